The quantitative estimate of drug-likeness (QED) is 0.295. The second-order valence-electron chi connectivity index (χ2n) is 5.19. The Bertz CT molecular complexity index is 705. The number of urea groups is 1. The summed E-state index contributed by atoms with van der Waals surface area (Å²) >= 11 is 1.30. The van der Waals surface area contributed by atoms with Crippen molar-refractivity contribution in [2.24, 2.45) is 4.99 Å². The molecule has 0 radical (unpaired) electrons. The predicted octanol–water partition coefficient (Wildman–Crippen LogP) is 2.04. The maximum atomic E-state index is 12.5. The Hall–Kier alpha value is -2.53. The Balaban J connectivity index is 1.90. The van der Waals surface area contributed by atoms with Crippen LogP contribution >= 0.6 is 11.8 Å². The predicted molar refractivity (Wildman–Crippen MR) is 88.4 cm³/mol. The second kappa shape index (κ2) is 6.30. The van der Waals surface area contributed by atoms with Gasteiger partial charge in [0.25, 0.3) is 5.91 Å². The van der Waals surface area contributed by atoms with Gasteiger partial charge < -0.3 is 4.90 Å². The van der Waals surface area contributed by atoms with Crippen molar-refractivity contribution in [2.75, 3.05) is 17.7 Å². The number of imide groups is 1. The maximum absolute atomic E-state index is 12.5. The number of nitriles is 1. The molecule has 1 unspecified atom stereocenters. The Labute approximate surface area is 138 Å². The van der Waals surface area contributed by atoms with Crippen LogP contribution in [0.25, 0.3) is 0 Å². The molecule has 1 aromatic carbocycles. The zero-order valence-electron chi connectivity index (χ0n) is 12.5. The minimum atomic E-state index is -0.323. The lowest BCUT2D eigenvalue weighted by molar-refractivity contribution is -0.119. The standard InChI is InChI=1S/C15H15N5O2S/c1-23-14(17-9-16)18-10-4-2-5-11(8-10)20-13(21)12-6-3-7-19(12)15(20)22/h2,4-5,8,12H,3,6-7H2,1H3,(H,17,18). The summed E-state index contributed by atoms with van der Waals surface area (Å²) in [5.74, 6) is -0.172. The highest BCUT2D eigenvalue weighted by Gasteiger charge is 2.47. The van der Waals surface area contributed by atoms with E-state index in [1.54, 1.807) is 35.4 Å². The van der Waals surface area contributed by atoms with Gasteiger partial charge in [-0.15, -0.1) is 0 Å². The van der Waals surface area contributed by atoms with E-state index in [9.17, 15) is 9.59 Å². The normalized spacial score (nSPS) is 20.7. The van der Waals surface area contributed by atoms with Gasteiger partial charge in [0.05, 0.1) is 11.4 Å². The van der Waals surface area contributed by atoms with Crippen LogP contribution in [-0.2, 0) is 4.79 Å². The minimum Gasteiger partial charge on any atom is -0.312 e. The smallest absolute Gasteiger partial charge is 0.312 e. The Morgan fingerprint density at radius 2 is 2.30 bits per heavy atom. The number of benzene rings is 1. The molecular weight excluding hydrogens is 314 g/mol. The molecule has 2 heterocycles. The van der Waals surface area contributed by atoms with E-state index in [-0.39, 0.29) is 18.0 Å². The molecule has 2 aliphatic heterocycles. The van der Waals surface area contributed by atoms with Gasteiger partial charge in [0, 0.05) is 6.54 Å². The first-order valence-electron chi connectivity index (χ1n) is 7.18. The summed E-state index contributed by atoms with van der Waals surface area (Å²) in [6.07, 6.45) is 5.22. The van der Waals surface area contributed by atoms with Crippen molar-refractivity contribution in [3.8, 4) is 6.19 Å². The van der Waals surface area contributed by atoms with Crippen LogP contribution in [0.15, 0.2) is 29.3 Å². The average molecular weight is 329 g/mol. The van der Waals surface area contributed by atoms with Crippen molar-refractivity contribution >= 4 is 40.2 Å². The lowest BCUT2D eigenvalue weighted by Gasteiger charge is -2.15. The average Bonchev–Trinajstić information content (AvgIpc) is 3.12. The fourth-order valence-electron chi connectivity index (χ4n) is 2.85. The topological polar surface area (TPSA) is 88.8 Å². The number of amidine groups is 1. The van der Waals surface area contributed by atoms with Crippen molar-refractivity contribution < 1.29 is 9.59 Å². The van der Waals surface area contributed by atoms with Gasteiger partial charge in [-0.25, -0.2) is 14.7 Å². The first-order valence-corrected chi connectivity index (χ1v) is 8.40. The van der Waals surface area contributed by atoms with Gasteiger partial charge in [-0.2, -0.15) is 5.26 Å². The van der Waals surface area contributed by atoms with E-state index in [1.165, 1.54) is 16.7 Å². The molecule has 23 heavy (non-hydrogen) atoms. The number of anilines is 1. The summed E-state index contributed by atoms with van der Waals surface area (Å²) in [5.41, 5.74) is 1.08. The number of hydrogen-bond acceptors (Lipinski definition) is 5. The van der Waals surface area contributed by atoms with Crippen LogP contribution in [0.3, 0.4) is 0 Å². The molecule has 1 N–H and O–H groups in total. The van der Waals surface area contributed by atoms with Crippen LogP contribution < -0.4 is 10.2 Å². The molecule has 0 aromatic heterocycles. The van der Waals surface area contributed by atoms with Gasteiger partial charge in [0.1, 0.15) is 6.04 Å². The van der Waals surface area contributed by atoms with E-state index >= 15 is 0 Å². The molecule has 1 atom stereocenters. The number of nitrogens with one attached hydrogen (secondary N) is 1. The molecule has 3 rings (SSSR count). The maximum Gasteiger partial charge on any atom is 0.332 e. The van der Waals surface area contributed by atoms with Crippen molar-refractivity contribution in [1.82, 2.24) is 10.2 Å². The summed E-state index contributed by atoms with van der Waals surface area (Å²) in [6, 6.07) is 6.30. The van der Waals surface area contributed by atoms with E-state index in [0.29, 0.717) is 23.1 Å². The first-order chi connectivity index (χ1) is 11.2. The molecular formula is C15H15N5O2S. The van der Waals surface area contributed by atoms with E-state index in [1.807, 2.05) is 6.19 Å². The fraction of sp³-hybridized carbons (Fsp3) is 0.333. The lowest BCUT2D eigenvalue weighted by atomic mass is 10.2. The SMILES string of the molecule is CSC(=Nc1cccc(N2C(=O)C3CCCN3C2=O)c1)NC#N. The Kier molecular flexibility index (Phi) is 4.21. The first kappa shape index (κ1) is 15.4. The van der Waals surface area contributed by atoms with Crippen molar-refractivity contribution in [2.45, 2.75) is 18.9 Å². The van der Waals surface area contributed by atoms with Gasteiger partial charge in [0.15, 0.2) is 11.4 Å². The summed E-state index contributed by atoms with van der Waals surface area (Å²) in [5, 5.41) is 11.6. The third kappa shape index (κ3) is 2.75. The molecule has 0 saturated carbocycles. The van der Waals surface area contributed by atoms with Gasteiger partial charge in [-0.1, -0.05) is 17.8 Å². The van der Waals surface area contributed by atoms with E-state index in [0.717, 1.165) is 12.8 Å². The Morgan fingerprint density at radius 3 is 3.00 bits per heavy atom. The van der Waals surface area contributed by atoms with E-state index < -0.39 is 0 Å². The molecule has 0 aliphatic carbocycles. The van der Waals surface area contributed by atoms with E-state index in [2.05, 4.69) is 10.3 Å². The molecule has 2 aliphatic rings. The molecule has 2 saturated heterocycles. The molecule has 2 fully saturated rings. The lowest BCUT2D eigenvalue weighted by Crippen LogP contribution is -2.32. The number of fused-ring (bicyclic) bond motifs is 1. The number of amides is 3. The monoisotopic (exact) mass is 329 g/mol. The van der Waals surface area contributed by atoms with Crippen LogP contribution in [0.4, 0.5) is 16.2 Å². The molecule has 7 nitrogen and oxygen atoms in total. The van der Waals surface area contributed by atoms with E-state index in [4.69, 9.17) is 5.26 Å². The summed E-state index contributed by atoms with van der Waals surface area (Å²) in [4.78, 5) is 32.0. The van der Waals surface area contributed by atoms with Crippen LogP contribution in [-0.4, -0.2) is 40.8 Å². The van der Waals surface area contributed by atoms with Gasteiger partial charge in [-0.3, -0.25) is 10.1 Å². The van der Waals surface area contributed by atoms with Crippen LogP contribution in [0, 0.1) is 11.5 Å². The van der Waals surface area contributed by atoms with Crippen molar-refractivity contribution in [3.05, 3.63) is 24.3 Å². The molecule has 1 aromatic rings. The van der Waals surface area contributed by atoms with Crippen LogP contribution in [0.2, 0.25) is 0 Å². The fourth-order valence-corrected chi connectivity index (χ4v) is 3.20. The molecule has 118 valence electrons. The Morgan fingerprint density at radius 1 is 1.48 bits per heavy atom. The third-order valence-corrected chi connectivity index (χ3v) is 4.45. The summed E-state index contributed by atoms with van der Waals surface area (Å²) < 4.78 is 0. The minimum absolute atomic E-state index is 0.172. The molecule has 0 bridgehead atoms. The molecule has 8 heteroatoms. The number of carbonyl (C=O) groups is 2. The zero-order chi connectivity index (χ0) is 16.4. The highest BCUT2D eigenvalue weighted by Crippen LogP contribution is 2.32. The third-order valence-electron chi connectivity index (χ3n) is 3.87. The number of nitrogens with zero attached hydrogens (tertiary/aromatic N) is 4. The molecule has 3 amide bonds. The highest BCUT2D eigenvalue weighted by molar-refractivity contribution is 8.13. The van der Waals surface area contributed by atoms with Crippen LogP contribution in [0.1, 0.15) is 12.8 Å². The number of carbonyl (C=O) groups excluding carboxylic acids is 2. The number of thioether (sulfide) groups is 1. The highest BCUT2D eigenvalue weighted by atomic mass is 32.2. The second-order valence-corrected chi connectivity index (χ2v) is 5.98. The zero-order valence-corrected chi connectivity index (χ0v) is 13.3. The largest absolute Gasteiger partial charge is 0.332 e. The summed E-state index contributed by atoms with van der Waals surface area (Å²) in [7, 11) is 0. The van der Waals surface area contributed by atoms with Gasteiger partial charge >= 0.3 is 6.03 Å². The number of rotatable bonds is 2. The molecule has 0 spiro atoms. The summed E-state index contributed by atoms with van der Waals surface area (Å²) in [6.45, 7) is 0.631. The van der Waals surface area contributed by atoms with Crippen molar-refractivity contribution in [3.63, 3.8) is 0 Å². The van der Waals surface area contributed by atoms with Crippen LogP contribution in [0.5, 0.6) is 0 Å². The number of aliphatic imine (C=N–C) groups is 1. The number of hydrogen-bond donors (Lipinski definition) is 1. The van der Waals surface area contributed by atoms with Crippen molar-refractivity contribution in [1.29, 1.82) is 5.26 Å². The van der Waals surface area contributed by atoms with Gasteiger partial charge in [0.2, 0.25) is 0 Å². The van der Waals surface area contributed by atoms with Gasteiger partial charge in [-0.05, 0) is 37.3 Å².